The normalized spacial score (nSPS) is 11.4. The number of nitrogens with two attached hydrogens (primary N) is 1. The number of carbonyl (C=O) groups is 1. The van der Waals surface area contributed by atoms with Crippen molar-refractivity contribution in [3.8, 4) is 16.9 Å². The molecule has 0 fully saturated rings. The fraction of sp³-hybridized carbons (Fsp3) is 0.318. The molecule has 2 aromatic heterocycles. The molecule has 30 heavy (non-hydrogen) atoms. The van der Waals surface area contributed by atoms with Crippen molar-refractivity contribution >= 4 is 30.7 Å². The van der Waals surface area contributed by atoms with Crippen LogP contribution in [0.25, 0.3) is 16.9 Å². The van der Waals surface area contributed by atoms with Gasteiger partial charge in [0.25, 0.3) is 5.91 Å². The quantitative estimate of drug-likeness (QED) is 0.585. The summed E-state index contributed by atoms with van der Waals surface area (Å²) in [6, 6.07) is 13.6. The van der Waals surface area contributed by atoms with Gasteiger partial charge in [-0.1, -0.05) is 32.0 Å². The van der Waals surface area contributed by atoms with Gasteiger partial charge >= 0.3 is 0 Å². The van der Waals surface area contributed by atoms with E-state index in [0.29, 0.717) is 23.7 Å². The Labute approximate surface area is 190 Å². The molecule has 0 radical (unpaired) electrons. The van der Waals surface area contributed by atoms with Crippen LogP contribution in [-0.2, 0) is 0 Å². The van der Waals surface area contributed by atoms with Crippen LogP contribution in [-0.4, -0.2) is 45.2 Å². The minimum Gasteiger partial charge on any atom is -0.342 e. The van der Waals surface area contributed by atoms with Crippen LogP contribution in [0.4, 0.5) is 0 Å². The van der Waals surface area contributed by atoms with Gasteiger partial charge in [-0.05, 0) is 36.6 Å². The number of pyridine rings is 1. The molecule has 2 N–H and O–H groups in total. The van der Waals surface area contributed by atoms with E-state index in [1.165, 1.54) is 0 Å². The summed E-state index contributed by atoms with van der Waals surface area (Å²) >= 11 is 0. The van der Waals surface area contributed by atoms with Crippen LogP contribution >= 0.6 is 24.8 Å². The van der Waals surface area contributed by atoms with Crippen LogP contribution in [0.1, 0.15) is 30.6 Å². The number of nitrogens with zero attached hydrogens (tertiary/aromatic N) is 4. The molecule has 3 rings (SSSR count). The summed E-state index contributed by atoms with van der Waals surface area (Å²) in [6.45, 7) is 4.79. The number of hydrogen-bond acceptors (Lipinski definition) is 4. The number of aromatic nitrogens is 3. The maximum absolute atomic E-state index is 13.2. The first kappa shape index (κ1) is 25.6. The van der Waals surface area contributed by atoms with Gasteiger partial charge in [0, 0.05) is 43.8 Å². The molecule has 6 nitrogen and oxygen atoms in total. The van der Waals surface area contributed by atoms with Crippen molar-refractivity contribution in [3.63, 3.8) is 0 Å². The molecule has 1 amide bonds. The molecule has 162 valence electrons. The zero-order valence-electron chi connectivity index (χ0n) is 17.4. The van der Waals surface area contributed by atoms with Crippen molar-refractivity contribution < 1.29 is 4.79 Å². The third kappa shape index (κ3) is 6.05. The summed E-state index contributed by atoms with van der Waals surface area (Å²) < 4.78 is 1.74. The molecule has 1 aromatic carbocycles. The highest BCUT2D eigenvalue weighted by Crippen LogP contribution is 2.24. The third-order valence-corrected chi connectivity index (χ3v) is 4.90. The van der Waals surface area contributed by atoms with Crippen LogP contribution in [0.2, 0.25) is 0 Å². The van der Waals surface area contributed by atoms with Gasteiger partial charge in [-0.3, -0.25) is 9.78 Å². The number of amides is 1. The fourth-order valence-corrected chi connectivity index (χ4v) is 2.94. The first-order chi connectivity index (χ1) is 13.5. The fourth-order valence-electron chi connectivity index (χ4n) is 2.94. The molecule has 0 aliphatic carbocycles. The maximum atomic E-state index is 13.2. The van der Waals surface area contributed by atoms with Crippen molar-refractivity contribution in [2.24, 2.45) is 11.7 Å². The number of hydrogen-bond donors (Lipinski definition) is 1. The number of benzene rings is 1. The van der Waals surface area contributed by atoms with Crippen molar-refractivity contribution in [1.29, 1.82) is 0 Å². The number of carbonyl (C=O) groups excluding carboxylic acids is 1. The lowest BCUT2D eigenvalue weighted by Crippen LogP contribution is -2.34. The van der Waals surface area contributed by atoms with E-state index in [4.69, 9.17) is 5.73 Å². The van der Waals surface area contributed by atoms with Crippen molar-refractivity contribution in [1.82, 2.24) is 19.7 Å². The first-order valence-electron chi connectivity index (χ1n) is 9.54. The first-order valence-corrected chi connectivity index (χ1v) is 9.54. The molecule has 3 aromatic rings. The molecule has 1 atom stereocenters. The molecule has 0 aliphatic heterocycles. The highest BCUT2D eigenvalue weighted by atomic mass is 35.5. The van der Waals surface area contributed by atoms with Crippen LogP contribution in [0.3, 0.4) is 0 Å². The second kappa shape index (κ2) is 11.7. The van der Waals surface area contributed by atoms with Crippen molar-refractivity contribution in [2.45, 2.75) is 26.3 Å². The molecule has 2 heterocycles. The van der Waals surface area contributed by atoms with Gasteiger partial charge in [-0.2, -0.15) is 5.10 Å². The van der Waals surface area contributed by atoms with E-state index in [1.807, 2.05) is 49.5 Å². The second-order valence-corrected chi connectivity index (χ2v) is 7.34. The highest BCUT2D eigenvalue weighted by molar-refractivity contribution is 5.99. The van der Waals surface area contributed by atoms with Crippen LogP contribution in [0, 0.1) is 5.92 Å². The lowest BCUT2D eigenvalue weighted by molar-refractivity contribution is 0.0790. The number of para-hydroxylation sites is 1. The average molecular weight is 450 g/mol. The monoisotopic (exact) mass is 449 g/mol. The van der Waals surface area contributed by atoms with Crippen LogP contribution < -0.4 is 5.73 Å². The summed E-state index contributed by atoms with van der Waals surface area (Å²) in [6.07, 6.45) is 5.98. The number of halogens is 2. The van der Waals surface area contributed by atoms with Gasteiger partial charge < -0.3 is 10.6 Å². The van der Waals surface area contributed by atoms with E-state index in [-0.39, 0.29) is 36.8 Å². The summed E-state index contributed by atoms with van der Waals surface area (Å²) in [7, 11) is 1.81. The largest absolute Gasteiger partial charge is 0.342 e. The van der Waals surface area contributed by atoms with Gasteiger partial charge in [0.15, 0.2) is 0 Å². The molecule has 0 bridgehead atoms. The Hall–Kier alpha value is -2.41. The molecule has 0 aliphatic rings. The predicted octanol–water partition coefficient (Wildman–Crippen LogP) is 4.22. The maximum Gasteiger partial charge on any atom is 0.257 e. The lowest BCUT2D eigenvalue weighted by atomic mass is 10.0. The molecule has 8 heteroatoms. The van der Waals surface area contributed by atoms with Crippen molar-refractivity contribution in [2.75, 3.05) is 13.6 Å². The highest BCUT2D eigenvalue weighted by Gasteiger charge is 2.22. The zero-order valence-corrected chi connectivity index (χ0v) is 19.1. The van der Waals surface area contributed by atoms with E-state index in [9.17, 15) is 4.79 Å². The summed E-state index contributed by atoms with van der Waals surface area (Å²) in [5, 5.41) is 4.68. The summed E-state index contributed by atoms with van der Waals surface area (Å²) in [5.74, 6) is 0.312. The smallest absolute Gasteiger partial charge is 0.257 e. The Morgan fingerprint density at radius 2 is 1.83 bits per heavy atom. The summed E-state index contributed by atoms with van der Waals surface area (Å²) in [4.78, 5) is 19.1. The van der Waals surface area contributed by atoms with Gasteiger partial charge in [0.1, 0.15) is 5.69 Å². The van der Waals surface area contributed by atoms with E-state index in [1.54, 1.807) is 28.2 Å². The number of rotatable bonds is 7. The molecular weight excluding hydrogens is 421 g/mol. The van der Waals surface area contributed by atoms with E-state index in [2.05, 4.69) is 23.9 Å². The molecule has 0 saturated heterocycles. The Morgan fingerprint density at radius 1 is 1.13 bits per heavy atom. The standard InChI is InChI=1S/C22H27N5O.2ClH/c1-16(2)20(23)11-13-26(3)22(28)19-15-27(18-9-5-4-6-10-18)25-21(19)17-8-7-12-24-14-17;;/h4-10,12,14-16,20H,11,13,23H2,1-3H3;2*1H. The molecule has 1 unspecified atom stereocenters. The Bertz CT molecular complexity index is 916. The van der Waals surface area contributed by atoms with E-state index < -0.39 is 0 Å². The van der Waals surface area contributed by atoms with E-state index >= 15 is 0 Å². The lowest BCUT2D eigenvalue weighted by Gasteiger charge is -2.21. The Balaban J connectivity index is 0.00000225. The second-order valence-electron chi connectivity index (χ2n) is 7.34. The minimum absolute atomic E-state index is 0. The SMILES string of the molecule is CC(C)C(N)CCN(C)C(=O)c1cn(-c2ccccc2)nc1-c1cccnc1.Cl.Cl. The van der Waals surface area contributed by atoms with Crippen LogP contribution in [0.15, 0.2) is 61.1 Å². The predicted molar refractivity (Wildman–Crippen MR) is 126 cm³/mol. The minimum atomic E-state index is -0.0722. The van der Waals surface area contributed by atoms with Gasteiger partial charge in [0.2, 0.25) is 0 Å². The average Bonchev–Trinajstić information content (AvgIpc) is 3.17. The topological polar surface area (TPSA) is 77.0 Å². The van der Waals surface area contributed by atoms with Gasteiger partial charge in [0.05, 0.1) is 11.3 Å². The van der Waals surface area contributed by atoms with Crippen molar-refractivity contribution in [3.05, 3.63) is 66.6 Å². The summed E-state index contributed by atoms with van der Waals surface area (Å²) in [5.41, 5.74) is 9.03. The molecular formula is C22H29Cl2N5O. The molecule has 0 spiro atoms. The van der Waals surface area contributed by atoms with Gasteiger partial charge in [-0.15, -0.1) is 24.8 Å². The Kier molecular flexibility index (Phi) is 9.99. The zero-order chi connectivity index (χ0) is 20.1. The Morgan fingerprint density at radius 3 is 2.43 bits per heavy atom. The van der Waals surface area contributed by atoms with Gasteiger partial charge in [-0.25, -0.2) is 4.68 Å². The molecule has 0 saturated carbocycles. The van der Waals surface area contributed by atoms with Crippen LogP contribution in [0.5, 0.6) is 0 Å². The third-order valence-electron chi connectivity index (χ3n) is 4.90. The van der Waals surface area contributed by atoms with E-state index in [0.717, 1.165) is 17.7 Å².